The highest BCUT2D eigenvalue weighted by Gasteiger charge is 2.30. The molecule has 1 heterocycles. The Morgan fingerprint density at radius 1 is 1.23 bits per heavy atom. The van der Waals surface area contributed by atoms with Gasteiger partial charge in [-0.15, -0.1) is 0 Å². The van der Waals surface area contributed by atoms with Crippen LogP contribution in [0.2, 0.25) is 0 Å². The third-order valence-corrected chi connectivity index (χ3v) is 5.84. The molecule has 1 N–H and O–H groups in total. The molecule has 2 rings (SSSR count). The first-order valence-corrected chi connectivity index (χ1v) is 9.40. The highest BCUT2D eigenvalue weighted by atomic mass is 32.2. The van der Waals surface area contributed by atoms with Crippen LogP contribution >= 0.6 is 0 Å². The van der Waals surface area contributed by atoms with Gasteiger partial charge in [0.2, 0.25) is 10.0 Å². The molecule has 0 saturated carbocycles. The summed E-state index contributed by atoms with van der Waals surface area (Å²) in [6.07, 6.45) is 0. The SMILES string of the molecule is COC(=O)[C@@H](C)NC(=O)c1ccc(OC)c(S(=O)(=O)N2CCOCC2)c1. The van der Waals surface area contributed by atoms with Crippen LogP contribution in [0.5, 0.6) is 5.75 Å². The zero-order valence-corrected chi connectivity index (χ0v) is 15.7. The molecule has 1 aliphatic rings. The van der Waals surface area contributed by atoms with Crippen molar-refractivity contribution in [3.05, 3.63) is 23.8 Å². The van der Waals surface area contributed by atoms with Crippen molar-refractivity contribution in [2.75, 3.05) is 40.5 Å². The van der Waals surface area contributed by atoms with Gasteiger partial charge in [0.25, 0.3) is 5.91 Å². The molecule has 1 saturated heterocycles. The zero-order valence-electron chi connectivity index (χ0n) is 14.9. The second-order valence-electron chi connectivity index (χ2n) is 5.60. The maximum absolute atomic E-state index is 12.9. The van der Waals surface area contributed by atoms with Crippen molar-refractivity contribution in [3.8, 4) is 5.75 Å². The number of sulfonamides is 1. The van der Waals surface area contributed by atoms with Gasteiger partial charge in [0.1, 0.15) is 16.7 Å². The summed E-state index contributed by atoms with van der Waals surface area (Å²) in [5.74, 6) is -1.06. The van der Waals surface area contributed by atoms with E-state index >= 15 is 0 Å². The molecule has 10 heteroatoms. The first-order chi connectivity index (χ1) is 12.3. The Bertz CT molecular complexity index is 773. The second kappa shape index (κ2) is 8.47. The summed E-state index contributed by atoms with van der Waals surface area (Å²) in [4.78, 5) is 23.7. The Kier molecular flexibility index (Phi) is 6.57. The van der Waals surface area contributed by atoms with Gasteiger partial charge in [-0.05, 0) is 25.1 Å². The molecule has 1 fully saturated rings. The van der Waals surface area contributed by atoms with E-state index in [0.717, 1.165) is 0 Å². The number of nitrogens with one attached hydrogen (secondary N) is 1. The molecular formula is C16H22N2O7S. The number of benzene rings is 1. The normalized spacial score (nSPS) is 16.6. The number of hydrogen-bond donors (Lipinski definition) is 1. The topological polar surface area (TPSA) is 111 Å². The van der Waals surface area contributed by atoms with Gasteiger partial charge in [0, 0.05) is 18.7 Å². The molecule has 1 atom stereocenters. The molecule has 1 amide bonds. The van der Waals surface area contributed by atoms with Gasteiger partial charge >= 0.3 is 5.97 Å². The van der Waals surface area contributed by atoms with Gasteiger partial charge in [0.05, 0.1) is 27.4 Å². The van der Waals surface area contributed by atoms with Crippen molar-refractivity contribution < 1.29 is 32.2 Å². The summed E-state index contributed by atoms with van der Waals surface area (Å²) in [6, 6.07) is 3.21. The van der Waals surface area contributed by atoms with E-state index in [1.165, 1.54) is 43.6 Å². The predicted molar refractivity (Wildman–Crippen MR) is 91.5 cm³/mol. The number of morpholine rings is 1. The fourth-order valence-corrected chi connectivity index (χ4v) is 4.05. The van der Waals surface area contributed by atoms with Crippen LogP contribution in [0.15, 0.2) is 23.1 Å². The maximum Gasteiger partial charge on any atom is 0.328 e. The van der Waals surface area contributed by atoms with E-state index in [9.17, 15) is 18.0 Å². The van der Waals surface area contributed by atoms with Gasteiger partial charge in [-0.2, -0.15) is 4.31 Å². The summed E-state index contributed by atoms with van der Waals surface area (Å²) in [5, 5.41) is 2.46. The molecule has 0 spiro atoms. The largest absolute Gasteiger partial charge is 0.495 e. The Morgan fingerprint density at radius 3 is 2.46 bits per heavy atom. The maximum atomic E-state index is 12.9. The first-order valence-electron chi connectivity index (χ1n) is 7.96. The second-order valence-corrected chi connectivity index (χ2v) is 7.51. The fourth-order valence-electron chi connectivity index (χ4n) is 2.46. The van der Waals surface area contributed by atoms with Crippen LogP contribution in [0.3, 0.4) is 0 Å². The molecule has 0 aliphatic carbocycles. The van der Waals surface area contributed by atoms with E-state index < -0.39 is 27.9 Å². The van der Waals surface area contributed by atoms with Gasteiger partial charge in [-0.3, -0.25) is 4.79 Å². The van der Waals surface area contributed by atoms with Crippen molar-refractivity contribution in [1.29, 1.82) is 0 Å². The summed E-state index contributed by atoms with van der Waals surface area (Å²) >= 11 is 0. The fraction of sp³-hybridized carbons (Fsp3) is 0.500. The van der Waals surface area contributed by atoms with Crippen molar-refractivity contribution in [3.63, 3.8) is 0 Å². The van der Waals surface area contributed by atoms with Crippen LogP contribution in [0, 0.1) is 0 Å². The molecular weight excluding hydrogens is 364 g/mol. The Balaban J connectivity index is 2.33. The van der Waals surface area contributed by atoms with Crippen LogP contribution in [0.1, 0.15) is 17.3 Å². The lowest BCUT2D eigenvalue weighted by Gasteiger charge is -2.26. The van der Waals surface area contributed by atoms with E-state index in [2.05, 4.69) is 10.1 Å². The monoisotopic (exact) mass is 386 g/mol. The van der Waals surface area contributed by atoms with E-state index in [1.54, 1.807) is 0 Å². The van der Waals surface area contributed by atoms with Gasteiger partial charge < -0.3 is 19.5 Å². The van der Waals surface area contributed by atoms with Crippen LogP contribution < -0.4 is 10.1 Å². The molecule has 1 aliphatic heterocycles. The van der Waals surface area contributed by atoms with Crippen molar-refractivity contribution in [2.45, 2.75) is 17.9 Å². The molecule has 0 radical (unpaired) electrons. The Hall–Kier alpha value is -2.17. The molecule has 0 aromatic heterocycles. The lowest BCUT2D eigenvalue weighted by Crippen LogP contribution is -2.41. The van der Waals surface area contributed by atoms with Crippen molar-refractivity contribution in [2.24, 2.45) is 0 Å². The number of methoxy groups -OCH3 is 2. The minimum atomic E-state index is -3.85. The third-order valence-electron chi connectivity index (χ3n) is 3.92. The van der Waals surface area contributed by atoms with E-state index in [-0.39, 0.29) is 29.3 Å². The number of esters is 1. The molecule has 1 aromatic rings. The van der Waals surface area contributed by atoms with Crippen molar-refractivity contribution in [1.82, 2.24) is 9.62 Å². The lowest BCUT2D eigenvalue weighted by atomic mass is 10.2. The van der Waals surface area contributed by atoms with Crippen LogP contribution in [0.4, 0.5) is 0 Å². The van der Waals surface area contributed by atoms with Gasteiger partial charge in [-0.1, -0.05) is 0 Å². The molecule has 0 unspecified atom stereocenters. The number of nitrogens with zero attached hydrogens (tertiary/aromatic N) is 1. The number of amides is 1. The Morgan fingerprint density at radius 2 is 1.88 bits per heavy atom. The standard InChI is InChI=1S/C16H22N2O7S/c1-11(16(20)24-3)17-15(19)12-4-5-13(23-2)14(10-12)26(21,22)18-6-8-25-9-7-18/h4-5,10-11H,6-9H2,1-3H3,(H,17,19)/t11-/m1/s1. The minimum absolute atomic E-state index is 0.0911. The van der Waals surface area contributed by atoms with E-state index in [4.69, 9.17) is 9.47 Å². The first kappa shape index (κ1) is 20.1. The Labute approximate surface area is 152 Å². The third kappa shape index (κ3) is 4.32. The number of ether oxygens (including phenoxy) is 3. The molecule has 26 heavy (non-hydrogen) atoms. The summed E-state index contributed by atoms with van der Waals surface area (Å²) in [7, 11) is -1.29. The van der Waals surface area contributed by atoms with Crippen molar-refractivity contribution >= 4 is 21.9 Å². The quantitative estimate of drug-likeness (QED) is 0.686. The van der Waals surface area contributed by atoms with Crippen LogP contribution in [0.25, 0.3) is 0 Å². The number of hydrogen-bond acceptors (Lipinski definition) is 7. The highest BCUT2D eigenvalue weighted by Crippen LogP contribution is 2.28. The number of carbonyl (C=O) groups excluding carboxylic acids is 2. The van der Waals surface area contributed by atoms with Crippen LogP contribution in [-0.2, 0) is 24.3 Å². The lowest BCUT2D eigenvalue weighted by molar-refractivity contribution is -0.142. The molecule has 1 aromatic carbocycles. The predicted octanol–water partition coefficient (Wildman–Crippen LogP) is 0.00740. The van der Waals surface area contributed by atoms with Gasteiger partial charge in [0.15, 0.2) is 0 Å². The smallest absolute Gasteiger partial charge is 0.328 e. The average molecular weight is 386 g/mol. The van der Waals surface area contributed by atoms with Gasteiger partial charge in [-0.25, -0.2) is 13.2 Å². The molecule has 0 bridgehead atoms. The zero-order chi connectivity index (χ0) is 19.3. The molecule has 144 valence electrons. The summed E-state index contributed by atoms with van der Waals surface area (Å²) in [5.41, 5.74) is 0.0911. The van der Waals surface area contributed by atoms with E-state index in [1.807, 2.05) is 0 Å². The molecule has 9 nitrogen and oxygen atoms in total. The number of carbonyl (C=O) groups is 2. The summed E-state index contributed by atoms with van der Waals surface area (Å²) in [6.45, 7) is 2.53. The summed E-state index contributed by atoms with van der Waals surface area (Å²) < 4.78 is 42.0. The average Bonchev–Trinajstić information content (AvgIpc) is 2.67. The van der Waals surface area contributed by atoms with E-state index in [0.29, 0.717) is 13.2 Å². The number of rotatable bonds is 6. The van der Waals surface area contributed by atoms with Crippen LogP contribution in [-0.4, -0.2) is 71.2 Å². The highest BCUT2D eigenvalue weighted by molar-refractivity contribution is 7.89. The minimum Gasteiger partial charge on any atom is -0.495 e.